The van der Waals surface area contributed by atoms with Gasteiger partial charge >= 0.3 is 0 Å². The molecule has 3 aromatic rings. The van der Waals surface area contributed by atoms with Crippen molar-refractivity contribution in [2.75, 3.05) is 5.32 Å². The van der Waals surface area contributed by atoms with Crippen LogP contribution in [0.4, 0.5) is 5.69 Å². The van der Waals surface area contributed by atoms with Crippen LogP contribution in [0.3, 0.4) is 0 Å². The van der Waals surface area contributed by atoms with Crippen molar-refractivity contribution in [1.29, 1.82) is 0 Å². The molecule has 0 saturated heterocycles. The summed E-state index contributed by atoms with van der Waals surface area (Å²) in [7, 11) is 0. The molecule has 0 radical (unpaired) electrons. The molecular formula is C18H22N8O. The van der Waals surface area contributed by atoms with Gasteiger partial charge in [0.25, 0.3) is 5.91 Å². The highest BCUT2D eigenvalue weighted by Gasteiger charge is 2.31. The number of aromatic amines is 1. The lowest BCUT2D eigenvalue weighted by Crippen LogP contribution is -2.60. The first-order valence-corrected chi connectivity index (χ1v) is 8.97. The second-order valence-corrected chi connectivity index (χ2v) is 6.73. The first-order valence-electron chi connectivity index (χ1n) is 8.97. The van der Waals surface area contributed by atoms with E-state index in [0.29, 0.717) is 5.56 Å². The number of rotatable bonds is 5. The molecular weight excluding hydrogens is 344 g/mol. The van der Waals surface area contributed by atoms with Crippen molar-refractivity contribution in [3.05, 3.63) is 48.7 Å². The predicted molar refractivity (Wildman–Crippen MR) is 102 cm³/mol. The summed E-state index contributed by atoms with van der Waals surface area (Å²) in [6, 6.07) is 5.89. The van der Waals surface area contributed by atoms with Crippen LogP contribution in [0.2, 0.25) is 0 Å². The number of hydrogen-bond donors (Lipinski definition) is 5. The molecule has 0 spiro atoms. The van der Waals surface area contributed by atoms with E-state index in [9.17, 15) is 4.79 Å². The Morgan fingerprint density at radius 1 is 1.15 bits per heavy atom. The summed E-state index contributed by atoms with van der Waals surface area (Å²) >= 11 is 0. The molecule has 27 heavy (non-hydrogen) atoms. The van der Waals surface area contributed by atoms with Crippen LogP contribution in [0, 0.1) is 0 Å². The third-order valence-corrected chi connectivity index (χ3v) is 4.98. The largest absolute Gasteiger partial charge is 0.380 e. The van der Waals surface area contributed by atoms with Gasteiger partial charge in [-0.25, -0.2) is 15.4 Å². The van der Waals surface area contributed by atoms with Crippen molar-refractivity contribution >= 4 is 22.5 Å². The van der Waals surface area contributed by atoms with E-state index in [0.717, 1.165) is 35.9 Å². The monoisotopic (exact) mass is 366 g/mol. The van der Waals surface area contributed by atoms with Gasteiger partial charge < -0.3 is 11.1 Å². The van der Waals surface area contributed by atoms with Gasteiger partial charge in [0.2, 0.25) is 0 Å². The van der Waals surface area contributed by atoms with E-state index in [2.05, 4.69) is 36.3 Å². The second kappa shape index (κ2) is 7.68. The van der Waals surface area contributed by atoms with Gasteiger partial charge in [-0.3, -0.25) is 15.3 Å². The molecule has 9 nitrogen and oxygen atoms in total. The highest BCUT2D eigenvalue weighted by atomic mass is 16.2. The van der Waals surface area contributed by atoms with Crippen LogP contribution in [0.1, 0.15) is 29.6 Å². The molecule has 0 bridgehead atoms. The van der Waals surface area contributed by atoms with Gasteiger partial charge in [0.15, 0.2) is 0 Å². The number of aromatic nitrogens is 4. The number of carbonyl (C=O) groups excluding carboxylic acids is 1. The van der Waals surface area contributed by atoms with E-state index < -0.39 is 0 Å². The first-order chi connectivity index (χ1) is 13.2. The first kappa shape index (κ1) is 17.4. The summed E-state index contributed by atoms with van der Waals surface area (Å²) in [6.07, 6.45) is 9.01. The number of nitrogens with one attached hydrogen (secondary N) is 4. The SMILES string of the molecule is NC1C(NNC(=O)c2cncnc2)CCCC1Nc1cccc2[nH]ncc12. The van der Waals surface area contributed by atoms with Gasteiger partial charge in [-0.05, 0) is 31.4 Å². The van der Waals surface area contributed by atoms with Crippen LogP contribution in [0.15, 0.2) is 43.1 Å². The maximum atomic E-state index is 12.2. The summed E-state index contributed by atoms with van der Waals surface area (Å²) in [6.45, 7) is 0. The third kappa shape index (κ3) is 3.74. The summed E-state index contributed by atoms with van der Waals surface area (Å²) < 4.78 is 0. The number of carbonyl (C=O) groups is 1. The summed E-state index contributed by atoms with van der Waals surface area (Å²) in [4.78, 5) is 19.9. The lowest BCUT2D eigenvalue weighted by atomic mass is 9.86. The number of nitrogens with zero attached hydrogens (tertiary/aromatic N) is 3. The van der Waals surface area contributed by atoms with E-state index in [1.807, 2.05) is 24.4 Å². The maximum absolute atomic E-state index is 12.2. The Hall–Kier alpha value is -3.04. The van der Waals surface area contributed by atoms with Crippen LogP contribution in [0.5, 0.6) is 0 Å². The molecule has 1 saturated carbocycles. The van der Waals surface area contributed by atoms with Crippen LogP contribution in [-0.2, 0) is 0 Å². The number of hydrazine groups is 1. The van der Waals surface area contributed by atoms with E-state index >= 15 is 0 Å². The molecule has 1 fully saturated rings. The number of H-pyrrole nitrogens is 1. The molecule has 2 aromatic heterocycles. The third-order valence-electron chi connectivity index (χ3n) is 4.98. The van der Waals surface area contributed by atoms with E-state index in [1.54, 1.807) is 0 Å². The zero-order valence-electron chi connectivity index (χ0n) is 14.7. The van der Waals surface area contributed by atoms with Gasteiger partial charge in [-0.2, -0.15) is 5.10 Å². The molecule has 6 N–H and O–H groups in total. The van der Waals surface area contributed by atoms with Gasteiger partial charge in [0.1, 0.15) is 6.33 Å². The summed E-state index contributed by atoms with van der Waals surface area (Å²) in [5.41, 5.74) is 14.7. The van der Waals surface area contributed by atoms with Crippen LogP contribution in [0.25, 0.3) is 10.9 Å². The minimum atomic E-state index is -0.277. The Labute approximate surface area is 156 Å². The Bertz CT molecular complexity index is 912. The number of hydrogen-bond acceptors (Lipinski definition) is 7. The molecule has 3 atom stereocenters. The fourth-order valence-corrected chi connectivity index (χ4v) is 3.50. The van der Waals surface area contributed by atoms with Crippen molar-refractivity contribution in [3.8, 4) is 0 Å². The quantitative estimate of drug-likeness (QED) is 0.424. The molecule has 1 aromatic carbocycles. The summed E-state index contributed by atoms with van der Waals surface area (Å²) in [5.74, 6) is -0.277. The molecule has 2 heterocycles. The van der Waals surface area contributed by atoms with Gasteiger partial charge in [0, 0.05) is 41.6 Å². The number of fused-ring (bicyclic) bond motifs is 1. The number of amides is 1. The average Bonchev–Trinajstić information content (AvgIpc) is 3.19. The Balaban J connectivity index is 1.40. The van der Waals surface area contributed by atoms with Crippen molar-refractivity contribution in [3.63, 3.8) is 0 Å². The average molecular weight is 366 g/mol. The number of nitrogens with two attached hydrogens (primary N) is 1. The second-order valence-electron chi connectivity index (χ2n) is 6.73. The molecule has 4 rings (SSSR count). The van der Waals surface area contributed by atoms with Crippen molar-refractivity contribution < 1.29 is 4.79 Å². The van der Waals surface area contributed by atoms with E-state index in [1.165, 1.54) is 18.7 Å². The molecule has 9 heteroatoms. The maximum Gasteiger partial charge on any atom is 0.268 e. The van der Waals surface area contributed by atoms with Crippen LogP contribution >= 0.6 is 0 Å². The topological polar surface area (TPSA) is 134 Å². The smallest absolute Gasteiger partial charge is 0.268 e. The fourth-order valence-electron chi connectivity index (χ4n) is 3.50. The van der Waals surface area contributed by atoms with E-state index in [-0.39, 0.29) is 24.0 Å². The van der Waals surface area contributed by atoms with Gasteiger partial charge in [-0.1, -0.05) is 6.07 Å². The highest BCUT2D eigenvalue weighted by Crippen LogP contribution is 2.26. The zero-order valence-corrected chi connectivity index (χ0v) is 14.7. The summed E-state index contributed by atoms with van der Waals surface area (Å²) in [5, 5.41) is 11.7. The molecule has 0 aliphatic heterocycles. The Morgan fingerprint density at radius 3 is 2.81 bits per heavy atom. The molecule has 3 unspecified atom stereocenters. The predicted octanol–water partition coefficient (Wildman–Crippen LogP) is 0.948. The molecule has 1 amide bonds. The van der Waals surface area contributed by atoms with Crippen molar-refractivity contribution in [2.24, 2.45) is 5.73 Å². The Morgan fingerprint density at radius 2 is 1.96 bits per heavy atom. The minimum Gasteiger partial charge on any atom is -0.380 e. The molecule has 1 aliphatic carbocycles. The minimum absolute atomic E-state index is 0.0339. The highest BCUT2D eigenvalue weighted by molar-refractivity contribution is 5.93. The number of anilines is 1. The lowest BCUT2D eigenvalue weighted by Gasteiger charge is -2.37. The molecule has 1 aliphatic rings. The van der Waals surface area contributed by atoms with E-state index in [4.69, 9.17) is 5.73 Å². The van der Waals surface area contributed by atoms with Crippen LogP contribution < -0.4 is 21.9 Å². The fraction of sp³-hybridized carbons (Fsp3) is 0.333. The van der Waals surface area contributed by atoms with Crippen LogP contribution in [-0.4, -0.2) is 44.2 Å². The number of benzene rings is 1. The zero-order chi connectivity index (χ0) is 18.6. The normalized spacial score (nSPS) is 22.5. The van der Waals surface area contributed by atoms with Crippen molar-refractivity contribution in [2.45, 2.75) is 37.4 Å². The van der Waals surface area contributed by atoms with Gasteiger partial charge in [0.05, 0.1) is 17.3 Å². The Kier molecular flexibility index (Phi) is 4.95. The van der Waals surface area contributed by atoms with Crippen molar-refractivity contribution in [1.82, 2.24) is 31.0 Å². The standard InChI is InChI=1S/C18H22N8O/c19-17-15(23-13-3-1-4-14-12(13)9-22-24-14)5-2-6-16(17)25-26-18(27)11-7-20-10-21-8-11/h1,3-4,7-10,15-17,23,25H,2,5-6,19H2,(H,22,24)(H,26,27). The van der Waals surface area contributed by atoms with Gasteiger partial charge in [-0.15, -0.1) is 0 Å². The lowest BCUT2D eigenvalue weighted by molar-refractivity contribution is 0.0915. The molecule has 140 valence electrons.